The molecule has 4 aromatic carbocycles. The van der Waals surface area contributed by atoms with Gasteiger partial charge >= 0.3 is 11.5 Å². The van der Waals surface area contributed by atoms with Gasteiger partial charge < -0.3 is 9.84 Å². The standard InChI is InChI=1S/C40H18Cl8O4/c41-27-7-3-1-5-23(27)35-13-19(11-33(51-35)21-15-29(43)37(47)30(44)16-21)9-25-39(49)26(40(25)50)10-20-12-34(22-17-31(45)38(48)32(46)18-22)52-36(14-20)24-6-2-4-8-28(24)42/h1-18H. The van der Waals surface area contributed by atoms with Crippen LogP contribution in [0.15, 0.2) is 130 Å². The Bertz CT molecular complexity index is 2470. The summed E-state index contributed by atoms with van der Waals surface area (Å²) in [5, 5.41) is 15.8. The van der Waals surface area contributed by atoms with Crippen LogP contribution in [0.2, 0.25) is 40.2 Å². The minimum absolute atomic E-state index is 0.0240. The maximum Gasteiger partial charge on any atom is 0.362 e. The van der Waals surface area contributed by atoms with Crippen LogP contribution in [0.4, 0.5) is 0 Å². The summed E-state index contributed by atoms with van der Waals surface area (Å²) in [6, 6.07) is 24.0. The first-order valence-electron chi connectivity index (χ1n) is 15.2. The Morgan fingerprint density at radius 1 is 0.577 bits per heavy atom. The van der Waals surface area contributed by atoms with Crippen LogP contribution in [0.1, 0.15) is 16.7 Å². The molecule has 52 heavy (non-hydrogen) atoms. The number of hydrogen-bond donors (Lipinski definition) is 0. The van der Waals surface area contributed by atoms with Gasteiger partial charge in [-0.2, -0.15) is 0 Å². The summed E-state index contributed by atoms with van der Waals surface area (Å²) in [6.45, 7) is 0. The first-order chi connectivity index (χ1) is 24.9. The van der Waals surface area contributed by atoms with Gasteiger partial charge in [-0.05, 0) is 84.0 Å². The lowest BCUT2D eigenvalue weighted by molar-refractivity contribution is -0.300. The zero-order valence-corrected chi connectivity index (χ0v) is 32.1. The van der Waals surface area contributed by atoms with Crippen LogP contribution >= 0.6 is 92.8 Å². The number of allylic oxidation sites excluding steroid dienone is 6. The minimum Gasteiger partial charge on any atom is -0.871 e. The Balaban J connectivity index is 1.32. The number of benzene rings is 4. The maximum absolute atomic E-state index is 13.6. The van der Waals surface area contributed by atoms with Gasteiger partial charge in [0.05, 0.1) is 63.4 Å². The number of halogens is 8. The SMILES string of the molecule is O=C1C(=Cc2cc(-c3cc(Cl)c(Cl)c(Cl)c3)[o+]c(-c3ccccc3Cl)c2)C([O-])=C1C=C1C=C(c2cc(Cl)c(Cl)c(Cl)c2)OC(c2ccccc2Cl)=C1. The summed E-state index contributed by atoms with van der Waals surface area (Å²) in [6.07, 6.45) is 6.34. The number of ether oxygens (including phenoxy) is 1. The molecule has 0 amide bonds. The molecular formula is C40H18Cl8O4. The molecule has 0 saturated carbocycles. The van der Waals surface area contributed by atoms with E-state index in [9.17, 15) is 9.90 Å². The van der Waals surface area contributed by atoms with Crippen molar-refractivity contribution in [1.82, 2.24) is 0 Å². The highest BCUT2D eigenvalue weighted by Crippen LogP contribution is 2.42. The molecule has 0 fully saturated rings. The van der Waals surface area contributed by atoms with E-state index in [0.717, 1.165) is 0 Å². The van der Waals surface area contributed by atoms with Gasteiger partial charge in [-0.15, -0.1) is 0 Å². The van der Waals surface area contributed by atoms with Crippen molar-refractivity contribution < 1.29 is 19.1 Å². The van der Waals surface area contributed by atoms with E-state index in [1.807, 2.05) is 12.1 Å². The van der Waals surface area contributed by atoms with Gasteiger partial charge in [0.15, 0.2) is 5.78 Å². The molecule has 7 rings (SSSR count). The van der Waals surface area contributed by atoms with Crippen LogP contribution in [0, 0.1) is 0 Å². The number of hydrogen-bond acceptors (Lipinski definition) is 3. The number of Topliss-reactive ketones (excluding diaryl/α,β-unsaturated/α-hetero) is 1. The van der Waals surface area contributed by atoms with Crippen LogP contribution in [0.25, 0.3) is 40.2 Å². The van der Waals surface area contributed by atoms with Crippen molar-refractivity contribution in [1.29, 1.82) is 0 Å². The molecule has 12 heteroatoms. The summed E-state index contributed by atoms with van der Waals surface area (Å²) >= 11 is 50.7. The molecular weight excluding hydrogens is 828 g/mol. The van der Waals surface area contributed by atoms with E-state index < -0.39 is 11.5 Å². The smallest absolute Gasteiger partial charge is 0.362 e. The average Bonchev–Trinajstić information content (AvgIpc) is 3.13. The van der Waals surface area contributed by atoms with Gasteiger partial charge in [-0.3, -0.25) is 4.79 Å². The van der Waals surface area contributed by atoms with Gasteiger partial charge in [0.2, 0.25) is 0 Å². The van der Waals surface area contributed by atoms with E-state index in [0.29, 0.717) is 66.5 Å². The molecule has 0 bridgehead atoms. The molecule has 0 atom stereocenters. The van der Waals surface area contributed by atoms with Gasteiger partial charge in [0, 0.05) is 22.3 Å². The number of rotatable bonds is 6. The van der Waals surface area contributed by atoms with Gasteiger partial charge in [-0.1, -0.05) is 123 Å². The fourth-order valence-corrected chi connectivity index (χ4v) is 7.16. The predicted molar refractivity (Wildman–Crippen MR) is 212 cm³/mol. The highest BCUT2D eigenvalue weighted by Gasteiger charge is 2.29. The second-order valence-electron chi connectivity index (χ2n) is 11.5. The van der Waals surface area contributed by atoms with E-state index in [4.69, 9.17) is 102 Å². The summed E-state index contributed by atoms with van der Waals surface area (Å²) < 4.78 is 12.5. The van der Waals surface area contributed by atoms with Crippen molar-refractivity contribution in [3.05, 3.63) is 183 Å². The van der Waals surface area contributed by atoms with Crippen LogP contribution in [0.3, 0.4) is 0 Å². The van der Waals surface area contributed by atoms with Gasteiger partial charge in [-0.25, -0.2) is 4.42 Å². The van der Waals surface area contributed by atoms with E-state index in [1.54, 1.807) is 84.9 Å². The number of carbonyl (C=O) groups excluding carboxylic acids is 1. The summed E-state index contributed by atoms with van der Waals surface area (Å²) in [5.74, 6) is 0.529. The highest BCUT2D eigenvalue weighted by molar-refractivity contribution is 6.49. The second-order valence-corrected chi connectivity index (χ2v) is 14.7. The molecule has 2 heterocycles. The minimum atomic E-state index is -0.455. The Kier molecular flexibility index (Phi) is 10.6. The van der Waals surface area contributed by atoms with E-state index >= 15 is 0 Å². The van der Waals surface area contributed by atoms with Crippen molar-refractivity contribution in [3.63, 3.8) is 0 Å². The lowest BCUT2D eigenvalue weighted by Crippen LogP contribution is -2.29. The number of ketones is 1. The van der Waals surface area contributed by atoms with Crippen molar-refractivity contribution >= 4 is 116 Å². The van der Waals surface area contributed by atoms with Crippen molar-refractivity contribution in [3.8, 4) is 22.6 Å². The fourth-order valence-electron chi connectivity index (χ4n) is 5.51. The third-order valence-electron chi connectivity index (χ3n) is 8.05. The summed E-state index contributed by atoms with van der Waals surface area (Å²) in [7, 11) is 0. The Hall–Kier alpha value is -3.68. The van der Waals surface area contributed by atoms with E-state index in [1.165, 1.54) is 12.2 Å². The first-order valence-corrected chi connectivity index (χ1v) is 18.2. The zero-order chi connectivity index (χ0) is 36.8. The molecule has 258 valence electrons. The molecule has 1 aromatic heterocycles. The Morgan fingerprint density at radius 2 is 1.10 bits per heavy atom. The maximum atomic E-state index is 13.6. The second kappa shape index (κ2) is 15.0. The van der Waals surface area contributed by atoms with E-state index in [2.05, 4.69) is 0 Å². The number of carbonyl (C=O) groups is 1. The van der Waals surface area contributed by atoms with Crippen LogP contribution < -0.4 is 5.11 Å². The summed E-state index contributed by atoms with van der Waals surface area (Å²) in [4.78, 5) is 13.6. The average molecular weight is 846 g/mol. The topological polar surface area (TPSA) is 60.7 Å². The third kappa shape index (κ3) is 7.28. The van der Waals surface area contributed by atoms with Crippen molar-refractivity contribution in [2.75, 3.05) is 0 Å². The lowest BCUT2D eigenvalue weighted by Gasteiger charge is -2.29. The third-order valence-corrected chi connectivity index (χ3v) is 11.1. The largest absolute Gasteiger partial charge is 0.871 e. The molecule has 1 aliphatic heterocycles. The molecule has 0 radical (unpaired) electrons. The van der Waals surface area contributed by atoms with Crippen LogP contribution in [-0.2, 0) is 9.53 Å². The Morgan fingerprint density at radius 3 is 1.67 bits per heavy atom. The molecule has 0 saturated heterocycles. The van der Waals surface area contributed by atoms with Crippen molar-refractivity contribution in [2.45, 2.75) is 0 Å². The fraction of sp³-hybridized carbons (Fsp3) is 0. The molecule has 0 unspecified atom stereocenters. The normalized spacial score (nSPS) is 15.8. The zero-order valence-electron chi connectivity index (χ0n) is 26.0. The summed E-state index contributed by atoms with van der Waals surface area (Å²) in [5.41, 5.74) is 3.15. The van der Waals surface area contributed by atoms with E-state index in [-0.39, 0.29) is 41.3 Å². The van der Waals surface area contributed by atoms with Gasteiger partial charge in [0.25, 0.3) is 0 Å². The van der Waals surface area contributed by atoms with Crippen molar-refractivity contribution in [2.24, 2.45) is 0 Å². The molecule has 4 nitrogen and oxygen atoms in total. The highest BCUT2D eigenvalue weighted by atomic mass is 35.5. The lowest BCUT2D eigenvalue weighted by atomic mass is 9.85. The molecule has 5 aromatic rings. The quantitative estimate of drug-likeness (QED) is 0.0970. The first kappa shape index (κ1) is 36.7. The predicted octanol–water partition coefficient (Wildman–Crippen LogP) is 13.7. The van der Waals surface area contributed by atoms with Crippen LogP contribution in [-0.4, -0.2) is 5.78 Å². The van der Waals surface area contributed by atoms with Gasteiger partial charge in [0.1, 0.15) is 11.5 Å². The molecule has 0 spiro atoms. The molecule has 1 aliphatic carbocycles. The molecule has 2 aliphatic rings. The monoisotopic (exact) mass is 842 g/mol. The Labute approximate surface area is 338 Å². The van der Waals surface area contributed by atoms with Crippen LogP contribution in [0.5, 0.6) is 0 Å². The molecule has 0 N–H and O–H groups in total.